The largest absolute Gasteiger partial charge is 0.478 e. The Hall–Kier alpha value is -1.80. The Balaban J connectivity index is 2.61. The Morgan fingerprint density at radius 2 is 2.11 bits per heavy atom. The van der Waals surface area contributed by atoms with E-state index in [0.717, 1.165) is 6.42 Å². The molecule has 100 valence electrons. The summed E-state index contributed by atoms with van der Waals surface area (Å²) < 4.78 is 0.648. The van der Waals surface area contributed by atoms with Crippen molar-refractivity contribution in [3.63, 3.8) is 0 Å². The molecule has 5 heteroatoms. The van der Waals surface area contributed by atoms with E-state index in [1.54, 1.807) is 6.07 Å². The van der Waals surface area contributed by atoms with Gasteiger partial charge in [0.25, 0.3) is 0 Å². The number of aromatic carboxylic acids is 1. The number of anilines is 1. The van der Waals surface area contributed by atoms with Crippen LogP contribution in [-0.4, -0.2) is 17.0 Å². The summed E-state index contributed by atoms with van der Waals surface area (Å²) in [7, 11) is 0. The molecule has 1 rings (SSSR count). The van der Waals surface area contributed by atoms with E-state index in [9.17, 15) is 9.59 Å². The molecule has 0 saturated heterocycles. The van der Waals surface area contributed by atoms with Crippen molar-refractivity contribution < 1.29 is 14.7 Å². The molecule has 0 atom stereocenters. The smallest absolute Gasteiger partial charge is 0.335 e. The van der Waals surface area contributed by atoms with Crippen LogP contribution in [0.3, 0.4) is 0 Å². The number of amides is 1. The molecular formula is C14H14BrNO3. The Bertz CT molecular complexity index is 520. The summed E-state index contributed by atoms with van der Waals surface area (Å²) in [6.07, 6.45) is 7.67. The van der Waals surface area contributed by atoms with Crippen LogP contribution in [0.2, 0.25) is 0 Å². The van der Waals surface area contributed by atoms with E-state index in [1.165, 1.54) is 12.1 Å². The summed E-state index contributed by atoms with van der Waals surface area (Å²) in [5.41, 5.74) is 0.590. The topological polar surface area (TPSA) is 66.4 Å². The van der Waals surface area contributed by atoms with Gasteiger partial charge in [0.2, 0.25) is 5.91 Å². The van der Waals surface area contributed by atoms with Crippen molar-refractivity contribution >= 4 is 33.5 Å². The van der Waals surface area contributed by atoms with E-state index in [-0.39, 0.29) is 11.5 Å². The third kappa shape index (κ3) is 5.14. The average molecular weight is 324 g/mol. The third-order valence-corrected chi connectivity index (χ3v) is 3.15. The van der Waals surface area contributed by atoms with Crippen molar-refractivity contribution in [1.82, 2.24) is 0 Å². The Labute approximate surface area is 120 Å². The van der Waals surface area contributed by atoms with Crippen molar-refractivity contribution in [1.29, 1.82) is 0 Å². The number of carbonyl (C=O) groups excluding carboxylic acids is 1. The van der Waals surface area contributed by atoms with Gasteiger partial charge in [0.05, 0.1) is 11.3 Å². The van der Waals surface area contributed by atoms with Crippen molar-refractivity contribution in [2.24, 2.45) is 0 Å². The molecule has 0 heterocycles. The van der Waals surface area contributed by atoms with E-state index < -0.39 is 5.97 Å². The normalized spacial score (nSPS) is 9.68. The lowest BCUT2D eigenvalue weighted by Gasteiger charge is -2.08. The molecule has 19 heavy (non-hydrogen) atoms. The standard InChI is InChI=1S/C14H14BrNO3/c1-2-3-4-5-6-13(17)16-12-9-10(14(18)19)7-8-11(12)15/h1,7-9H,3-6H2,(H,16,17)(H,18,19). The third-order valence-electron chi connectivity index (χ3n) is 2.46. The summed E-state index contributed by atoms with van der Waals surface area (Å²) in [5, 5.41) is 11.6. The molecule has 1 aromatic rings. The maximum Gasteiger partial charge on any atom is 0.335 e. The van der Waals surface area contributed by atoms with E-state index in [2.05, 4.69) is 27.2 Å². The maximum absolute atomic E-state index is 11.7. The van der Waals surface area contributed by atoms with Gasteiger partial charge in [-0.3, -0.25) is 4.79 Å². The lowest BCUT2D eigenvalue weighted by atomic mass is 10.1. The fourth-order valence-electron chi connectivity index (χ4n) is 1.48. The lowest BCUT2D eigenvalue weighted by molar-refractivity contribution is -0.116. The van der Waals surface area contributed by atoms with Gasteiger partial charge in [0, 0.05) is 17.3 Å². The Morgan fingerprint density at radius 3 is 2.74 bits per heavy atom. The first kappa shape index (κ1) is 15.3. The Morgan fingerprint density at radius 1 is 1.37 bits per heavy atom. The first-order chi connectivity index (χ1) is 9.04. The van der Waals surface area contributed by atoms with Crippen LogP contribution in [0.25, 0.3) is 0 Å². The van der Waals surface area contributed by atoms with Crippen LogP contribution in [-0.2, 0) is 4.79 Å². The minimum atomic E-state index is -1.03. The van der Waals surface area contributed by atoms with Gasteiger partial charge >= 0.3 is 5.97 Å². The molecule has 4 nitrogen and oxygen atoms in total. The van der Waals surface area contributed by atoms with E-state index in [0.29, 0.717) is 29.4 Å². The van der Waals surface area contributed by atoms with Gasteiger partial charge in [-0.25, -0.2) is 4.79 Å². The number of carbonyl (C=O) groups is 2. The van der Waals surface area contributed by atoms with Crippen LogP contribution < -0.4 is 5.32 Å². The van der Waals surface area contributed by atoms with Crippen molar-refractivity contribution in [3.05, 3.63) is 28.2 Å². The first-order valence-corrected chi connectivity index (χ1v) is 6.60. The predicted octanol–water partition coefficient (Wildman–Crippen LogP) is 3.28. The number of unbranched alkanes of at least 4 members (excludes halogenated alkanes) is 2. The van der Waals surface area contributed by atoms with Gasteiger partial charge in [0.1, 0.15) is 0 Å². The van der Waals surface area contributed by atoms with Crippen molar-refractivity contribution in [2.75, 3.05) is 5.32 Å². The van der Waals surface area contributed by atoms with Gasteiger partial charge in [0.15, 0.2) is 0 Å². The van der Waals surface area contributed by atoms with Crippen LogP contribution in [0.5, 0.6) is 0 Å². The maximum atomic E-state index is 11.7. The quantitative estimate of drug-likeness (QED) is 0.623. The van der Waals surface area contributed by atoms with Crippen LogP contribution in [0.4, 0.5) is 5.69 Å². The molecule has 1 aromatic carbocycles. The number of terminal acetylenes is 1. The van der Waals surface area contributed by atoms with Gasteiger partial charge in [-0.1, -0.05) is 0 Å². The molecule has 0 unspecified atom stereocenters. The molecule has 0 fully saturated rings. The monoisotopic (exact) mass is 323 g/mol. The van der Waals surface area contributed by atoms with E-state index in [1.807, 2.05) is 0 Å². The second-order valence-corrected chi connectivity index (χ2v) is 4.81. The van der Waals surface area contributed by atoms with Crippen LogP contribution >= 0.6 is 15.9 Å². The number of hydrogen-bond donors (Lipinski definition) is 2. The zero-order chi connectivity index (χ0) is 14.3. The number of hydrogen-bond acceptors (Lipinski definition) is 2. The summed E-state index contributed by atoms with van der Waals surface area (Å²) >= 11 is 3.27. The highest BCUT2D eigenvalue weighted by atomic mass is 79.9. The van der Waals surface area contributed by atoms with Gasteiger partial charge in [-0.15, -0.1) is 12.3 Å². The lowest BCUT2D eigenvalue weighted by Crippen LogP contribution is -2.12. The predicted molar refractivity (Wildman–Crippen MR) is 77.0 cm³/mol. The second kappa shape index (κ2) is 7.59. The summed E-state index contributed by atoms with van der Waals surface area (Å²) in [6, 6.07) is 4.48. The summed E-state index contributed by atoms with van der Waals surface area (Å²) in [4.78, 5) is 22.5. The number of halogens is 1. The van der Waals surface area contributed by atoms with Crippen LogP contribution in [0.1, 0.15) is 36.0 Å². The highest BCUT2D eigenvalue weighted by molar-refractivity contribution is 9.10. The number of carboxylic acids is 1. The van der Waals surface area contributed by atoms with E-state index in [4.69, 9.17) is 11.5 Å². The number of carboxylic acid groups (broad SMARTS) is 1. The van der Waals surface area contributed by atoms with Crippen LogP contribution in [0.15, 0.2) is 22.7 Å². The summed E-state index contributed by atoms with van der Waals surface area (Å²) in [5.74, 6) is 1.33. The van der Waals surface area contributed by atoms with Gasteiger partial charge in [-0.05, 0) is 47.0 Å². The minimum absolute atomic E-state index is 0.130. The molecule has 0 saturated carbocycles. The highest BCUT2D eigenvalue weighted by Crippen LogP contribution is 2.24. The number of nitrogens with one attached hydrogen (secondary N) is 1. The SMILES string of the molecule is C#CCCCCC(=O)Nc1cc(C(=O)O)ccc1Br. The fraction of sp³-hybridized carbons (Fsp3) is 0.286. The second-order valence-electron chi connectivity index (χ2n) is 3.96. The van der Waals surface area contributed by atoms with Crippen molar-refractivity contribution in [3.8, 4) is 12.3 Å². The zero-order valence-electron chi connectivity index (χ0n) is 10.3. The molecule has 0 aromatic heterocycles. The molecule has 0 aliphatic carbocycles. The molecule has 0 aliphatic rings. The molecule has 0 spiro atoms. The van der Waals surface area contributed by atoms with Gasteiger partial charge in [-0.2, -0.15) is 0 Å². The van der Waals surface area contributed by atoms with Crippen LogP contribution in [0, 0.1) is 12.3 Å². The molecule has 2 N–H and O–H groups in total. The first-order valence-electron chi connectivity index (χ1n) is 5.80. The van der Waals surface area contributed by atoms with Gasteiger partial charge < -0.3 is 10.4 Å². The molecule has 0 aliphatic heterocycles. The highest BCUT2D eigenvalue weighted by Gasteiger charge is 2.09. The molecule has 1 amide bonds. The minimum Gasteiger partial charge on any atom is -0.478 e. The average Bonchev–Trinajstić information content (AvgIpc) is 2.37. The Kier molecular flexibility index (Phi) is 6.10. The summed E-state index contributed by atoms with van der Waals surface area (Å²) in [6.45, 7) is 0. The molecule has 0 radical (unpaired) electrons. The molecular weight excluding hydrogens is 310 g/mol. The zero-order valence-corrected chi connectivity index (χ0v) is 11.9. The van der Waals surface area contributed by atoms with Crippen molar-refractivity contribution in [2.45, 2.75) is 25.7 Å². The molecule has 0 bridgehead atoms. The fourth-order valence-corrected chi connectivity index (χ4v) is 1.83. The number of rotatable bonds is 6. The van der Waals surface area contributed by atoms with E-state index >= 15 is 0 Å². The number of benzene rings is 1.